The van der Waals surface area contributed by atoms with Crippen LogP contribution in [0.1, 0.15) is 51.4 Å². The lowest BCUT2D eigenvalue weighted by Crippen LogP contribution is -2.34. The summed E-state index contributed by atoms with van der Waals surface area (Å²) >= 11 is 0. The zero-order valence-corrected chi connectivity index (χ0v) is 11.4. The minimum atomic E-state index is 0.339. The Labute approximate surface area is 109 Å². The molecule has 0 saturated carbocycles. The average Bonchev–Trinajstić information content (AvgIpc) is 2.84. The van der Waals surface area contributed by atoms with E-state index < -0.39 is 0 Å². The molecule has 0 aromatic carbocycles. The first-order chi connectivity index (χ1) is 8.77. The zero-order chi connectivity index (χ0) is 12.8. The molecule has 1 aromatic rings. The number of aromatic nitrogens is 3. The molecule has 1 fully saturated rings. The van der Waals surface area contributed by atoms with Gasteiger partial charge in [-0.3, -0.25) is 0 Å². The maximum atomic E-state index is 5.71. The standard InChI is InChI=1S/C13H24N4O/c1-11(2)17-13(15-10-16-17)9-18-8-6-12-5-3-4-7-14-12/h10-12,14H,3-9H2,1-2H3. The Hall–Kier alpha value is -0.940. The van der Waals surface area contributed by atoms with Crippen LogP contribution in [0.5, 0.6) is 0 Å². The third-order valence-electron chi connectivity index (χ3n) is 3.39. The molecule has 0 aliphatic carbocycles. The lowest BCUT2D eigenvalue weighted by atomic mass is 10.0. The lowest BCUT2D eigenvalue weighted by Gasteiger charge is -2.23. The Bertz CT molecular complexity index is 345. The van der Waals surface area contributed by atoms with Gasteiger partial charge in [-0.15, -0.1) is 0 Å². The summed E-state index contributed by atoms with van der Waals surface area (Å²) in [6.45, 7) is 6.72. The Morgan fingerprint density at radius 1 is 1.50 bits per heavy atom. The van der Waals surface area contributed by atoms with Gasteiger partial charge in [0.2, 0.25) is 0 Å². The second-order valence-electron chi connectivity index (χ2n) is 5.20. The van der Waals surface area contributed by atoms with E-state index in [-0.39, 0.29) is 0 Å². The van der Waals surface area contributed by atoms with Gasteiger partial charge in [0.1, 0.15) is 12.9 Å². The number of nitrogens with one attached hydrogen (secondary N) is 1. The van der Waals surface area contributed by atoms with Crippen molar-refractivity contribution < 1.29 is 4.74 Å². The molecule has 1 aliphatic rings. The summed E-state index contributed by atoms with van der Waals surface area (Å²) in [6.07, 6.45) is 6.64. The van der Waals surface area contributed by atoms with Crippen LogP contribution in [0, 0.1) is 0 Å². The molecule has 1 atom stereocenters. The van der Waals surface area contributed by atoms with Crippen LogP contribution in [-0.2, 0) is 11.3 Å². The van der Waals surface area contributed by atoms with E-state index in [9.17, 15) is 0 Å². The topological polar surface area (TPSA) is 52.0 Å². The van der Waals surface area contributed by atoms with Crippen molar-refractivity contribution in [2.45, 2.75) is 58.2 Å². The zero-order valence-electron chi connectivity index (χ0n) is 11.4. The van der Waals surface area contributed by atoms with Gasteiger partial charge in [-0.2, -0.15) is 5.10 Å². The van der Waals surface area contributed by atoms with Gasteiger partial charge in [0.15, 0.2) is 5.82 Å². The highest BCUT2D eigenvalue weighted by atomic mass is 16.5. The molecule has 5 nitrogen and oxygen atoms in total. The van der Waals surface area contributed by atoms with Gasteiger partial charge in [-0.1, -0.05) is 6.42 Å². The molecule has 5 heteroatoms. The van der Waals surface area contributed by atoms with Gasteiger partial charge in [0.05, 0.1) is 0 Å². The van der Waals surface area contributed by atoms with Crippen LogP contribution in [0.3, 0.4) is 0 Å². The molecule has 2 rings (SSSR count). The highest BCUT2D eigenvalue weighted by molar-refractivity contribution is 4.83. The second kappa shape index (κ2) is 6.85. The van der Waals surface area contributed by atoms with E-state index in [1.54, 1.807) is 6.33 Å². The summed E-state index contributed by atoms with van der Waals surface area (Å²) in [5.74, 6) is 0.918. The summed E-state index contributed by atoms with van der Waals surface area (Å²) in [4.78, 5) is 4.23. The molecule has 1 saturated heterocycles. The normalized spacial score (nSPS) is 20.5. The van der Waals surface area contributed by atoms with E-state index >= 15 is 0 Å². The molecule has 0 radical (unpaired) electrons. The van der Waals surface area contributed by atoms with Crippen LogP contribution >= 0.6 is 0 Å². The molecule has 102 valence electrons. The van der Waals surface area contributed by atoms with Crippen molar-refractivity contribution in [1.29, 1.82) is 0 Å². The third kappa shape index (κ3) is 3.78. The average molecular weight is 252 g/mol. The van der Waals surface area contributed by atoms with E-state index in [1.807, 2.05) is 4.68 Å². The van der Waals surface area contributed by atoms with E-state index in [0.717, 1.165) is 25.4 Å². The molecular weight excluding hydrogens is 228 g/mol. The molecule has 1 N–H and O–H groups in total. The quantitative estimate of drug-likeness (QED) is 0.786. The Morgan fingerprint density at radius 3 is 3.11 bits per heavy atom. The van der Waals surface area contributed by atoms with Crippen molar-refractivity contribution in [2.75, 3.05) is 13.2 Å². The number of hydrogen-bond acceptors (Lipinski definition) is 4. The lowest BCUT2D eigenvalue weighted by molar-refractivity contribution is 0.0995. The third-order valence-corrected chi connectivity index (χ3v) is 3.39. The fourth-order valence-electron chi connectivity index (χ4n) is 2.37. The van der Waals surface area contributed by atoms with Crippen LogP contribution in [0.4, 0.5) is 0 Å². The molecule has 1 unspecified atom stereocenters. The molecule has 0 amide bonds. The van der Waals surface area contributed by atoms with Crippen LogP contribution < -0.4 is 5.32 Å². The SMILES string of the molecule is CC(C)n1ncnc1COCCC1CCCCN1. The number of hydrogen-bond donors (Lipinski definition) is 1. The molecule has 1 aromatic heterocycles. The van der Waals surface area contributed by atoms with Crippen molar-refractivity contribution in [1.82, 2.24) is 20.1 Å². The van der Waals surface area contributed by atoms with E-state index in [2.05, 4.69) is 29.2 Å². The molecule has 0 bridgehead atoms. The number of rotatable bonds is 6. The maximum Gasteiger partial charge on any atom is 0.153 e. The van der Waals surface area contributed by atoms with Crippen molar-refractivity contribution in [3.8, 4) is 0 Å². The maximum absolute atomic E-state index is 5.71. The highest BCUT2D eigenvalue weighted by Crippen LogP contribution is 2.11. The van der Waals surface area contributed by atoms with Crippen molar-refractivity contribution in [3.05, 3.63) is 12.2 Å². The molecule has 0 spiro atoms. The van der Waals surface area contributed by atoms with Crippen molar-refractivity contribution in [2.24, 2.45) is 0 Å². The Kier molecular flexibility index (Phi) is 5.13. The smallest absolute Gasteiger partial charge is 0.153 e. The van der Waals surface area contributed by atoms with Gasteiger partial charge in [-0.25, -0.2) is 9.67 Å². The largest absolute Gasteiger partial charge is 0.373 e. The van der Waals surface area contributed by atoms with E-state index in [4.69, 9.17) is 4.74 Å². The highest BCUT2D eigenvalue weighted by Gasteiger charge is 2.12. The van der Waals surface area contributed by atoms with Crippen LogP contribution in [-0.4, -0.2) is 34.0 Å². The van der Waals surface area contributed by atoms with E-state index in [0.29, 0.717) is 18.7 Å². The van der Waals surface area contributed by atoms with Gasteiger partial charge in [-0.05, 0) is 39.7 Å². The fraction of sp³-hybridized carbons (Fsp3) is 0.846. The van der Waals surface area contributed by atoms with E-state index in [1.165, 1.54) is 19.3 Å². The van der Waals surface area contributed by atoms with Crippen LogP contribution in [0.25, 0.3) is 0 Å². The summed E-state index contributed by atoms with van der Waals surface area (Å²) in [6, 6.07) is 0.979. The summed E-state index contributed by atoms with van der Waals surface area (Å²) in [7, 11) is 0. The number of nitrogens with zero attached hydrogens (tertiary/aromatic N) is 3. The minimum absolute atomic E-state index is 0.339. The van der Waals surface area contributed by atoms with Gasteiger partial charge < -0.3 is 10.1 Å². The van der Waals surface area contributed by atoms with Crippen molar-refractivity contribution >= 4 is 0 Å². The van der Waals surface area contributed by atoms with Gasteiger partial charge >= 0.3 is 0 Å². The molecule has 1 aliphatic heterocycles. The first-order valence-electron chi connectivity index (χ1n) is 6.97. The van der Waals surface area contributed by atoms with Crippen LogP contribution in [0.15, 0.2) is 6.33 Å². The number of piperidine rings is 1. The molecule has 18 heavy (non-hydrogen) atoms. The molecule has 2 heterocycles. The first-order valence-corrected chi connectivity index (χ1v) is 6.97. The predicted octanol–water partition coefficient (Wildman–Crippen LogP) is 1.91. The Balaban J connectivity index is 1.66. The monoisotopic (exact) mass is 252 g/mol. The fourth-order valence-corrected chi connectivity index (χ4v) is 2.37. The summed E-state index contributed by atoms with van der Waals surface area (Å²) < 4.78 is 7.62. The van der Waals surface area contributed by atoms with Crippen LogP contribution in [0.2, 0.25) is 0 Å². The summed E-state index contributed by atoms with van der Waals surface area (Å²) in [5.41, 5.74) is 0. The first kappa shape index (κ1) is 13.5. The predicted molar refractivity (Wildman–Crippen MR) is 70.3 cm³/mol. The second-order valence-corrected chi connectivity index (χ2v) is 5.20. The van der Waals surface area contributed by atoms with Gasteiger partial charge in [0, 0.05) is 18.7 Å². The van der Waals surface area contributed by atoms with Crippen molar-refractivity contribution in [3.63, 3.8) is 0 Å². The minimum Gasteiger partial charge on any atom is -0.373 e. The van der Waals surface area contributed by atoms with Gasteiger partial charge in [0.25, 0.3) is 0 Å². The summed E-state index contributed by atoms with van der Waals surface area (Å²) in [5, 5.41) is 7.73. The molecular formula is C13H24N4O. The number of ether oxygens (including phenoxy) is 1. The Morgan fingerprint density at radius 2 is 2.39 bits per heavy atom.